The highest BCUT2D eigenvalue weighted by molar-refractivity contribution is 5.69. The van der Waals surface area contributed by atoms with Gasteiger partial charge in [-0.2, -0.15) is 0 Å². The van der Waals surface area contributed by atoms with Crippen LogP contribution in [0.5, 0.6) is 0 Å². The lowest BCUT2D eigenvalue weighted by Crippen LogP contribution is -2.29. The van der Waals surface area contributed by atoms with E-state index in [0.717, 1.165) is 90.1 Å². The molecule has 8 nitrogen and oxygen atoms in total. The van der Waals surface area contributed by atoms with Crippen LogP contribution in [-0.4, -0.2) is 80.9 Å². The summed E-state index contributed by atoms with van der Waals surface area (Å²) in [7, 11) is 0. The van der Waals surface area contributed by atoms with Crippen molar-refractivity contribution in [2.75, 3.05) is 52.7 Å². The van der Waals surface area contributed by atoms with Gasteiger partial charge in [0, 0.05) is 32.6 Å². The Hall–Kier alpha value is -1.22. The van der Waals surface area contributed by atoms with Gasteiger partial charge in [-0.25, -0.2) is 0 Å². The lowest BCUT2D eigenvalue weighted by Gasteiger charge is -2.21. The lowest BCUT2D eigenvalue weighted by atomic mass is 10.1. The number of unbranched alkanes of at least 4 members (excludes halogenated alkanes) is 18. The van der Waals surface area contributed by atoms with Crippen molar-refractivity contribution in [2.45, 2.75) is 194 Å². The molecule has 0 saturated heterocycles. The fourth-order valence-corrected chi connectivity index (χ4v) is 5.74. The van der Waals surface area contributed by atoms with Crippen LogP contribution in [0.4, 0.5) is 0 Å². The van der Waals surface area contributed by atoms with E-state index in [1.807, 2.05) is 0 Å². The third-order valence-electron chi connectivity index (χ3n) is 8.85. The zero-order chi connectivity index (χ0) is 35.2. The van der Waals surface area contributed by atoms with Gasteiger partial charge in [-0.05, 0) is 64.5 Å². The van der Waals surface area contributed by atoms with Crippen LogP contribution in [0.1, 0.15) is 188 Å². The molecule has 0 heterocycles. The Bertz CT molecular complexity index is 664. The van der Waals surface area contributed by atoms with Crippen molar-refractivity contribution in [2.24, 2.45) is 0 Å². The van der Waals surface area contributed by atoms with Gasteiger partial charge in [-0.3, -0.25) is 9.59 Å². The number of hydrogen-bond acceptors (Lipinski definition) is 8. The molecule has 0 aromatic heterocycles. The highest BCUT2D eigenvalue weighted by Crippen LogP contribution is 2.12. The summed E-state index contributed by atoms with van der Waals surface area (Å²) < 4.78 is 22.8. The summed E-state index contributed by atoms with van der Waals surface area (Å²) in [6.45, 7) is 11.8. The van der Waals surface area contributed by atoms with Crippen molar-refractivity contribution in [1.29, 1.82) is 0 Å². The molecule has 48 heavy (non-hydrogen) atoms. The van der Waals surface area contributed by atoms with Gasteiger partial charge < -0.3 is 29.0 Å². The highest BCUT2D eigenvalue weighted by Gasteiger charge is 2.14. The fourth-order valence-electron chi connectivity index (χ4n) is 5.74. The maximum absolute atomic E-state index is 12.4. The quantitative estimate of drug-likeness (QED) is 0.0388. The standard InChI is InChI=1S/C40H79NO7/c1-4-7-10-13-14-18-25-34-45-38(43)27-20-16-15-17-21-30-41(32-33-42)31-22-19-26-35-46-39(44)28-29-40(47-36-23-11-8-5-2)48-37-24-12-9-6-3/h40,42H,4-37H2,1-3H3. The molecule has 286 valence electrons. The first-order valence-electron chi connectivity index (χ1n) is 20.4. The molecule has 0 bridgehead atoms. The Morgan fingerprint density at radius 3 is 1.40 bits per heavy atom. The normalized spacial score (nSPS) is 11.5. The summed E-state index contributed by atoms with van der Waals surface area (Å²) in [5.74, 6) is -0.221. The molecule has 0 spiro atoms. The zero-order valence-corrected chi connectivity index (χ0v) is 32.0. The first-order valence-corrected chi connectivity index (χ1v) is 20.4. The molecule has 8 heteroatoms. The van der Waals surface area contributed by atoms with Crippen LogP contribution in [0.3, 0.4) is 0 Å². The average Bonchev–Trinajstić information content (AvgIpc) is 3.08. The molecule has 0 unspecified atom stereocenters. The van der Waals surface area contributed by atoms with Crippen LogP contribution < -0.4 is 0 Å². The minimum Gasteiger partial charge on any atom is -0.466 e. The second kappa shape index (κ2) is 38.6. The predicted octanol–water partition coefficient (Wildman–Crippen LogP) is 9.93. The number of carbonyl (C=O) groups is 2. The topological polar surface area (TPSA) is 94.5 Å². The Balaban J connectivity index is 3.89. The van der Waals surface area contributed by atoms with Gasteiger partial charge in [-0.15, -0.1) is 0 Å². The molecular formula is C40H79NO7. The van der Waals surface area contributed by atoms with E-state index >= 15 is 0 Å². The summed E-state index contributed by atoms with van der Waals surface area (Å²) in [6.07, 6.45) is 27.1. The van der Waals surface area contributed by atoms with Crippen molar-refractivity contribution in [3.05, 3.63) is 0 Å². The van der Waals surface area contributed by atoms with Crippen molar-refractivity contribution in [3.63, 3.8) is 0 Å². The Labute approximate surface area is 296 Å². The van der Waals surface area contributed by atoms with E-state index in [-0.39, 0.29) is 24.8 Å². The number of esters is 2. The van der Waals surface area contributed by atoms with Gasteiger partial charge in [-0.1, -0.05) is 117 Å². The van der Waals surface area contributed by atoms with E-state index in [9.17, 15) is 14.7 Å². The SMILES string of the molecule is CCCCCCCCCOC(=O)CCCCCCCN(CCO)CCCCCOC(=O)CCC(OCCCCCC)OCCCCCC. The molecule has 0 saturated carbocycles. The molecule has 1 N–H and O–H groups in total. The second-order valence-corrected chi connectivity index (χ2v) is 13.5. The molecule has 0 rings (SSSR count). The number of nitrogens with zero attached hydrogens (tertiary/aromatic N) is 1. The summed E-state index contributed by atoms with van der Waals surface area (Å²) in [4.78, 5) is 26.6. The molecular weight excluding hydrogens is 606 g/mol. The number of ether oxygens (including phenoxy) is 4. The van der Waals surface area contributed by atoms with E-state index in [1.165, 1.54) is 70.6 Å². The molecule has 0 aliphatic carbocycles. The van der Waals surface area contributed by atoms with Gasteiger partial charge >= 0.3 is 11.9 Å². The number of carbonyl (C=O) groups excluding carboxylic acids is 2. The van der Waals surface area contributed by atoms with E-state index in [4.69, 9.17) is 18.9 Å². The molecule has 0 aromatic carbocycles. The van der Waals surface area contributed by atoms with Crippen molar-refractivity contribution in [1.82, 2.24) is 4.90 Å². The number of hydrogen-bond donors (Lipinski definition) is 1. The summed E-state index contributed by atoms with van der Waals surface area (Å²) >= 11 is 0. The van der Waals surface area contributed by atoms with Gasteiger partial charge in [0.15, 0.2) is 6.29 Å². The van der Waals surface area contributed by atoms with Crippen LogP contribution in [0.15, 0.2) is 0 Å². The van der Waals surface area contributed by atoms with Gasteiger partial charge in [0.25, 0.3) is 0 Å². The molecule has 0 aliphatic heterocycles. The molecule has 0 aliphatic rings. The summed E-state index contributed by atoms with van der Waals surface area (Å²) in [5.41, 5.74) is 0. The van der Waals surface area contributed by atoms with Crippen LogP contribution in [0.2, 0.25) is 0 Å². The molecule has 0 fully saturated rings. The van der Waals surface area contributed by atoms with E-state index < -0.39 is 0 Å². The minimum atomic E-state index is -0.327. The first-order chi connectivity index (χ1) is 23.6. The van der Waals surface area contributed by atoms with E-state index in [2.05, 4.69) is 25.7 Å². The Kier molecular flexibility index (Phi) is 37.6. The number of rotatable bonds is 39. The van der Waals surface area contributed by atoms with Crippen LogP contribution in [-0.2, 0) is 28.5 Å². The van der Waals surface area contributed by atoms with Crippen molar-refractivity contribution >= 4 is 11.9 Å². The maximum atomic E-state index is 12.4. The third-order valence-corrected chi connectivity index (χ3v) is 8.85. The number of aliphatic hydroxyl groups is 1. The molecule has 0 amide bonds. The summed E-state index contributed by atoms with van der Waals surface area (Å²) in [6, 6.07) is 0. The number of aliphatic hydroxyl groups excluding tert-OH is 1. The third kappa shape index (κ3) is 34.6. The average molecular weight is 686 g/mol. The largest absolute Gasteiger partial charge is 0.466 e. The van der Waals surface area contributed by atoms with E-state index in [1.54, 1.807) is 0 Å². The van der Waals surface area contributed by atoms with Crippen molar-refractivity contribution < 1.29 is 33.6 Å². The molecule has 0 aromatic rings. The maximum Gasteiger partial charge on any atom is 0.305 e. The highest BCUT2D eigenvalue weighted by atomic mass is 16.7. The van der Waals surface area contributed by atoms with Crippen LogP contribution >= 0.6 is 0 Å². The molecule has 0 atom stereocenters. The Morgan fingerprint density at radius 2 is 0.875 bits per heavy atom. The predicted molar refractivity (Wildman–Crippen MR) is 198 cm³/mol. The lowest BCUT2D eigenvalue weighted by molar-refractivity contribution is -0.159. The monoisotopic (exact) mass is 686 g/mol. The first kappa shape index (κ1) is 46.8. The smallest absolute Gasteiger partial charge is 0.305 e. The minimum absolute atomic E-state index is 0.0466. The fraction of sp³-hybridized carbons (Fsp3) is 0.950. The molecule has 0 radical (unpaired) electrons. The zero-order valence-electron chi connectivity index (χ0n) is 32.0. The van der Waals surface area contributed by atoms with E-state index in [0.29, 0.717) is 52.2 Å². The van der Waals surface area contributed by atoms with Crippen LogP contribution in [0, 0.1) is 0 Å². The van der Waals surface area contributed by atoms with Crippen LogP contribution in [0.25, 0.3) is 0 Å². The van der Waals surface area contributed by atoms with Gasteiger partial charge in [0.2, 0.25) is 0 Å². The van der Waals surface area contributed by atoms with Gasteiger partial charge in [0.1, 0.15) is 0 Å². The Morgan fingerprint density at radius 1 is 0.479 bits per heavy atom. The summed E-state index contributed by atoms with van der Waals surface area (Å²) in [5, 5.41) is 9.49. The van der Waals surface area contributed by atoms with Gasteiger partial charge in [0.05, 0.1) is 26.2 Å². The van der Waals surface area contributed by atoms with Crippen molar-refractivity contribution in [3.8, 4) is 0 Å². The second-order valence-electron chi connectivity index (χ2n) is 13.5.